The van der Waals surface area contributed by atoms with E-state index in [0.717, 1.165) is 77.0 Å². The van der Waals surface area contributed by atoms with Gasteiger partial charge in [0.25, 0.3) is 0 Å². The largest absolute Gasteiger partial charge is 0.462 e. The topological polar surface area (TPSA) is 78.9 Å². The fourth-order valence-electron chi connectivity index (χ4n) is 11.0. The molecular weight excluding hydrogens is 985 g/mol. The molecule has 0 aliphatic heterocycles. The van der Waals surface area contributed by atoms with Gasteiger partial charge in [0.15, 0.2) is 6.10 Å². The Kier molecular flexibility index (Phi) is 67.1. The lowest BCUT2D eigenvalue weighted by atomic mass is 10.0. The molecule has 0 saturated carbocycles. The van der Waals surface area contributed by atoms with Crippen molar-refractivity contribution in [2.24, 2.45) is 0 Å². The van der Waals surface area contributed by atoms with E-state index in [2.05, 4.69) is 57.2 Å². The second kappa shape index (κ2) is 69.1. The van der Waals surface area contributed by atoms with E-state index in [1.54, 1.807) is 0 Å². The third kappa shape index (κ3) is 66.4. The average molecular weight is 1120 g/mol. The monoisotopic (exact) mass is 1120 g/mol. The summed E-state index contributed by atoms with van der Waals surface area (Å²) in [6.07, 6.45) is 86.1. The first-order valence-corrected chi connectivity index (χ1v) is 36.0. The molecule has 0 amide bonds. The van der Waals surface area contributed by atoms with Crippen LogP contribution in [0.2, 0.25) is 0 Å². The Balaban J connectivity index is 4.20. The van der Waals surface area contributed by atoms with Crippen LogP contribution < -0.4 is 0 Å². The van der Waals surface area contributed by atoms with Crippen molar-refractivity contribution >= 4 is 17.9 Å². The van der Waals surface area contributed by atoms with Gasteiger partial charge in [0, 0.05) is 19.3 Å². The minimum atomic E-state index is -0.777. The highest BCUT2D eigenvalue weighted by atomic mass is 16.6. The summed E-state index contributed by atoms with van der Waals surface area (Å²) in [6.45, 7) is 6.68. The van der Waals surface area contributed by atoms with Crippen molar-refractivity contribution in [3.05, 3.63) is 36.5 Å². The predicted molar refractivity (Wildman–Crippen MR) is 349 cm³/mol. The van der Waals surface area contributed by atoms with Gasteiger partial charge in [0.2, 0.25) is 0 Å². The lowest BCUT2D eigenvalue weighted by Crippen LogP contribution is -2.30. The van der Waals surface area contributed by atoms with Gasteiger partial charge in [0.1, 0.15) is 13.2 Å². The van der Waals surface area contributed by atoms with Crippen molar-refractivity contribution in [1.29, 1.82) is 0 Å². The molecule has 0 rings (SSSR count). The SMILES string of the molecule is CCCCC/C=C\C/C=C\C/C=C\CCCCCCCCC(=O)OC(COC(=O)CCCCCCCCCCCCCCCC)COC(=O)CCCCCCCCCCCCCCCCCCCCCCCCCCCCCCC. The highest BCUT2D eigenvalue weighted by molar-refractivity contribution is 5.71. The maximum absolute atomic E-state index is 12.9. The summed E-state index contributed by atoms with van der Waals surface area (Å²) in [4.78, 5) is 38.4. The zero-order valence-electron chi connectivity index (χ0n) is 54.1. The first-order valence-electron chi connectivity index (χ1n) is 36.0. The van der Waals surface area contributed by atoms with Crippen LogP contribution in [-0.2, 0) is 28.6 Å². The normalized spacial score (nSPS) is 12.2. The Hall–Kier alpha value is -2.37. The first kappa shape index (κ1) is 77.6. The maximum atomic E-state index is 12.9. The fraction of sp³-hybridized carbons (Fsp3) is 0.878. The van der Waals surface area contributed by atoms with Crippen LogP contribution in [0.25, 0.3) is 0 Å². The third-order valence-electron chi connectivity index (χ3n) is 16.4. The second-order valence-electron chi connectivity index (χ2n) is 24.5. The van der Waals surface area contributed by atoms with Crippen LogP contribution in [0.5, 0.6) is 0 Å². The summed E-state index contributed by atoms with van der Waals surface area (Å²) in [6, 6.07) is 0. The molecule has 0 aromatic heterocycles. The Morgan fingerprint density at radius 1 is 0.250 bits per heavy atom. The van der Waals surface area contributed by atoms with E-state index < -0.39 is 6.10 Å². The molecule has 0 radical (unpaired) electrons. The van der Waals surface area contributed by atoms with Crippen LogP contribution in [0, 0.1) is 0 Å². The van der Waals surface area contributed by atoms with Crippen molar-refractivity contribution in [2.75, 3.05) is 13.2 Å². The summed E-state index contributed by atoms with van der Waals surface area (Å²) in [5.41, 5.74) is 0. The van der Waals surface area contributed by atoms with Gasteiger partial charge in [-0.05, 0) is 57.8 Å². The standard InChI is InChI=1S/C74H138O6/c1-4-7-10-13-16-19-22-25-28-30-32-33-34-35-36-37-38-39-40-41-43-44-46-49-52-55-58-61-64-67-73(76)79-70-71(69-78-72(75)66-63-60-57-54-51-48-27-24-21-18-15-12-9-6-3)80-74(77)68-65-62-59-56-53-50-47-45-42-31-29-26-23-20-17-14-11-8-5-2/h17,20,26,29,42,45,71H,4-16,18-19,21-25,27-28,30-41,43-44,46-70H2,1-3H3/b20-17-,29-26-,45-42-. The van der Waals surface area contributed by atoms with E-state index in [1.807, 2.05) is 0 Å². The quantitative estimate of drug-likeness (QED) is 0.0261. The van der Waals surface area contributed by atoms with Crippen LogP contribution >= 0.6 is 0 Å². The van der Waals surface area contributed by atoms with E-state index in [1.165, 1.54) is 283 Å². The molecule has 1 atom stereocenters. The minimum absolute atomic E-state index is 0.0719. The van der Waals surface area contributed by atoms with E-state index in [0.29, 0.717) is 19.3 Å². The summed E-state index contributed by atoms with van der Waals surface area (Å²) in [5.74, 6) is -0.855. The Morgan fingerprint density at radius 2 is 0.450 bits per heavy atom. The predicted octanol–water partition coefficient (Wildman–Crippen LogP) is 24.7. The second-order valence-corrected chi connectivity index (χ2v) is 24.5. The van der Waals surface area contributed by atoms with Gasteiger partial charge >= 0.3 is 17.9 Å². The average Bonchev–Trinajstić information content (AvgIpc) is 3.46. The molecule has 0 saturated heterocycles. The van der Waals surface area contributed by atoms with Crippen LogP contribution in [0.15, 0.2) is 36.5 Å². The molecule has 6 nitrogen and oxygen atoms in total. The number of ether oxygens (including phenoxy) is 3. The molecule has 0 fully saturated rings. The van der Waals surface area contributed by atoms with E-state index in [4.69, 9.17) is 14.2 Å². The van der Waals surface area contributed by atoms with Gasteiger partial charge in [-0.3, -0.25) is 14.4 Å². The van der Waals surface area contributed by atoms with E-state index >= 15 is 0 Å². The Morgan fingerprint density at radius 3 is 0.725 bits per heavy atom. The zero-order chi connectivity index (χ0) is 57.8. The smallest absolute Gasteiger partial charge is 0.306 e. The number of allylic oxidation sites excluding steroid dienone is 6. The molecule has 0 bridgehead atoms. The number of hydrogen-bond acceptors (Lipinski definition) is 6. The molecule has 1 unspecified atom stereocenters. The summed E-state index contributed by atoms with van der Waals surface area (Å²) in [5, 5.41) is 0. The zero-order valence-corrected chi connectivity index (χ0v) is 54.1. The van der Waals surface area contributed by atoms with Crippen LogP contribution in [0.4, 0.5) is 0 Å². The van der Waals surface area contributed by atoms with Gasteiger partial charge in [-0.1, -0.05) is 359 Å². The Bertz CT molecular complexity index is 1340. The van der Waals surface area contributed by atoms with Crippen molar-refractivity contribution in [3.63, 3.8) is 0 Å². The number of esters is 3. The molecule has 0 aromatic carbocycles. The van der Waals surface area contributed by atoms with Crippen LogP contribution in [-0.4, -0.2) is 37.2 Å². The molecular formula is C74H138O6. The highest BCUT2D eigenvalue weighted by Gasteiger charge is 2.19. The number of carbonyl (C=O) groups excluding carboxylic acids is 3. The van der Waals surface area contributed by atoms with Gasteiger partial charge in [0.05, 0.1) is 0 Å². The third-order valence-corrected chi connectivity index (χ3v) is 16.4. The molecule has 0 heterocycles. The molecule has 80 heavy (non-hydrogen) atoms. The first-order chi connectivity index (χ1) is 39.5. The van der Waals surface area contributed by atoms with Gasteiger partial charge in [-0.25, -0.2) is 0 Å². The van der Waals surface area contributed by atoms with E-state index in [9.17, 15) is 14.4 Å². The summed E-state index contributed by atoms with van der Waals surface area (Å²) in [7, 11) is 0. The summed E-state index contributed by atoms with van der Waals surface area (Å²) >= 11 is 0. The molecule has 0 aromatic rings. The van der Waals surface area contributed by atoms with Gasteiger partial charge in [-0.15, -0.1) is 0 Å². The van der Waals surface area contributed by atoms with Crippen molar-refractivity contribution in [2.45, 2.75) is 406 Å². The lowest BCUT2D eigenvalue weighted by Gasteiger charge is -2.18. The summed E-state index contributed by atoms with van der Waals surface area (Å²) < 4.78 is 17.0. The highest BCUT2D eigenvalue weighted by Crippen LogP contribution is 2.19. The number of hydrogen-bond donors (Lipinski definition) is 0. The minimum Gasteiger partial charge on any atom is -0.462 e. The molecule has 470 valence electrons. The van der Waals surface area contributed by atoms with Gasteiger partial charge in [-0.2, -0.15) is 0 Å². The molecule has 0 spiro atoms. The Labute approximate surface area is 499 Å². The maximum Gasteiger partial charge on any atom is 0.306 e. The van der Waals surface area contributed by atoms with Crippen LogP contribution in [0.1, 0.15) is 400 Å². The lowest BCUT2D eigenvalue weighted by molar-refractivity contribution is -0.167. The fourth-order valence-corrected chi connectivity index (χ4v) is 11.0. The van der Waals surface area contributed by atoms with Crippen molar-refractivity contribution in [1.82, 2.24) is 0 Å². The number of rotatable bonds is 67. The number of carbonyl (C=O) groups is 3. The van der Waals surface area contributed by atoms with Crippen molar-refractivity contribution in [3.8, 4) is 0 Å². The molecule has 0 N–H and O–H groups in total. The molecule has 0 aliphatic carbocycles. The van der Waals surface area contributed by atoms with E-state index in [-0.39, 0.29) is 31.1 Å². The molecule has 6 heteroatoms. The van der Waals surface area contributed by atoms with Crippen molar-refractivity contribution < 1.29 is 28.6 Å². The number of unbranched alkanes of at least 4 members (excludes halogenated alkanes) is 50. The van der Waals surface area contributed by atoms with Crippen LogP contribution in [0.3, 0.4) is 0 Å². The molecule has 0 aliphatic rings. The van der Waals surface area contributed by atoms with Gasteiger partial charge < -0.3 is 14.2 Å².